The number of hydrogen-bond acceptors (Lipinski definition) is 7. The second-order valence-corrected chi connectivity index (χ2v) is 10.7. The van der Waals surface area contributed by atoms with Crippen LogP contribution in [0.1, 0.15) is 67.2 Å². The zero-order valence-electron chi connectivity index (χ0n) is 20.8. The number of nitrogens with one attached hydrogen (secondary N) is 3. The number of benzene rings is 1. The SMILES string of the molecule is CCCCOC1CCC(NC(=O)NS(=O)(=O)c2ccc(CCNC(=O)c3cnc(C)cn3)cc2)CC1. The van der Waals surface area contributed by atoms with Gasteiger partial charge in [-0.3, -0.25) is 9.78 Å². The molecule has 0 unspecified atom stereocenters. The molecular formula is C25H35N5O5S. The number of hydrogen-bond donors (Lipinski definition) is 3. The molecule has 0 saturated heterocycles. The summed E-state index contributed by atoms with van der Waals surface area (Å²) in [7, 11) is -4.00. The number of urea groups is 1. The molecule has 1 aromatic carbocycles. The number of carbonyl (C=O) groups is 2. The van der Waals surface area contributed by atoms with Crippen molar-refractivity contribution in [3.8, 4) is 0 Å². The van der Waals surface area contributed by atoms with E-state index in [1.54, 1.807) is 19.1 Å². The maximum Gasteiger partial charge on any atom is 0.328 e. The highest BCUT2D eigenvalue weighted by Gasteiger charge is 2.25. The molecule has 196 valence electrons. The smallest absolute Gasteiger partial charge is 0.328 e. The highest BCUT2D eigenvalue weighted by Crippen LogP contribution is 2.21. The van der Waals surface area contributed by atoms with E-state index in [-0.39, 0.29) is 28.6 Å². The Labute approximate surface area is 212 Å². The van der Waals surface area contributed by atoms with Crippen molar-refractivity contribution in [3.63, 3.8) is 0 Å². The van der Waals surface area contributed by atoms with Crippen LogP contribution in [-0.2, 0) is 21.2 Å². The van der Waals surface area contributed by atoms with Gasteiger partial charge in [0.1, 0.15) is 5.69 Å². The van der Waals surface area contributed by atoms with Crippen molar-refractivity contribution in [2.24, 2.45) is 0 Å². The van der Waals surface area contributed by atoms with E-state index in [4.69, 9.17) is 4.74 Å². The molecule has 1 saturated carbocycles. The number of unbranched alkanes of at least 4 members (excludes halogenated alkanes) is 1. The minimum Gasteiger partial charge on any atom is -0.378 e. The standard InChI is InChI=1S/C25H35N5O5S/c1-3-4-15-35-21-9-7-20(8-10-21)29-25(32)30-36(33,34)22-11-5-19(6-12-22)13-14-26-24(31)23-17-27-18(2)16-28-23/h5-6,11-12,16-17,20-21H,3-4,7-10,13-15H2,1-2H3,(H,26,31)(H2,29,30,32). The van der Waals surface area contributed by atoms with Gasteiger partial charge in [-0.2, -0.15) is 0 Å². The van der Waals surface area contributed by atoms with Gasteiger partial charge in [0.2, 0.25) is 0 Å². The summed E-state index contributed by atoms with van der Waals surface area (Å²) in [6.07, 6.45) is 9.01. The van der Waals surface area contributed by atoms with E-state index >= 15 is 0 Å². The molecule has 1 aromatic heterocycles. The zero-order chi connectivity index (χ0) is 26.0. The first kappa shape index (κ1) is 27.5. The Balaban J connectivity index is 1.41. The van der Waals surface area contributed by atoms with E-state index in [2.05, 4.69) is 32.2 Å². The van der Waals surface area contributed by atoms with E-state index in [1.807, 2.05) is 0 Å². The molecule has 1 heterocycles. The molecule has 1 aliphatic carbocycles. The van der Waals surface area contributed by atoms with Crippen molar-refractivity contribution in [3.05, 3.63) is 53.6 Å². The topological polar surface area (TPSA) is 139 Å². The lowest BCUT2D eigenvalue weighted by Crippen LogP contribution is -2.46. The fourth-order valence-electron chi connectivity index (χ4n) is 3.92. The van der Waals surface area contributed by atoms with Gasteiger partial charge in [0.05, 0.1) is 22.9 Å². The molecule has 0 bridgehead atoms. The lowest BCUT2D eigenvalue weighted by atomic mass is 9.93. The van der Waals surface area contributed by atoms with Crippen LogP contribution in [-0.4, -0.2) is 55.6 Å². The summed E-state index contributed by atoms with van der Waals surface area (Å²) in [5, 5.41) is 5.52. The third-order valence-electron chi connectivity index (χ3n) is 6.03. The van der Waals surface area contributed by atoms with Crippen molar-refractivity contribution in [1.29, 1.82) is 0 Å². The maximum absolute atomic E-state index is 12.6. The average molecular weight is 518 g/mol. The second-order valence-electron chi connectivity index (χ2n) is 8.97. The van der Waals surface area contributed by atoms with Crippen LogP contribution < -0.4 is 15.4 Å². The molecule has 0 atom stereocenters. The van der Waals surface area contributed by atoms with E-state index < -0.39 is 16.1 Å². The van der Waals surface area contributed by atoms with Crippen molar-refractivity contribution in [2.75, 3.05) is 13.2 Å². The third kappa shape index (κ3) is 8.56. The number of amides is 3. The number of aromatic nitrogens is 2. The van der Waals surface area contributed by atoms with Crippen LogP contribution >= 0.6 is 0 Å². The predicted molar refractivity (Wildman–Crippen MR) is 135 cm³/mol. The van der Waals surface area contributed by atoms with Crippen molar-refractivity contribution in [2.45, 2.75) is 75.8 Å². The Morgan fingerprint density at radius 3 is 2.42 bits per heavy atom. The van der Waals surface area contributed by atoms with Gasteiger partial charge >= 0.3 is 6.03 Å². The van der Waals surface area contributed by atoms with Gasteiger partial charge in [-0.05, 0) is 63.1 Å². The summed E-state index contributed by atoms with van der Waals surface area (Å²) in [4.78, 5) is 32.5. The minimum absolute atomic E-state index is 0.00611. The average Bonchev–Trinajstić information content (AvgIpc) is 2.85. The van der Waals surface area contributed by atoms with Crippen LogP contribution in [0, 0.1) is 6.92 Å². The van der Waals surface area contributed by atoms with Gasteiger partial charge in [0.25, 0.3) is 15.9 Å². The Bertz CT molecular complexity index is 1100. The first-order valence-electron chi connectivity index (χ1n) is 12.4. The van der Waals surface area contributed by atoms with Gasteiger partial charge in [0, 0.05) is 25.4 Å². The Kier molecular flexibility index (Phi) is 10.2. The number of sulfonamides is 1. The molecule has 3 rings (SSSR count). The molecule has 0 radical (unpaired) electrons. The van der Waals surface area contributed by atoms with E-state index in [0.717, 1.165) is 56.4 Å². The highest BCUT2D eigenvalue weighted by molar-refractivity contribution is 7.90. The van der Waals surface area contributed by atoms with Crippen molar-refractivity contribution < 1.29 is 22.7 Å². The van der Waals surface area contributed by atoms with Gasteiger partial charge in [0.15, 0.2) is 0 Å². The van der Waals surface area contributed by atoms with Crippen molar-refractivity contribution >= 4 is 22.0 Å². The number of nitrogens with zero attached hydrogens (tertiary/aromatic N) is 2. The lowest BCUT2D eigenvalue weighted by molar-refractivity contribution is 0.0219. The molecule has 2 aromatic rings. The van der Waals surface area contributed by atoms with Crippen LogP contribution in [0.5, 0.6) is 0 Å². The second kappa shape index (κ2) is 13.3. The number of aryl methyl sites for hydroxylation is 1. The number of carbonyl (C=O) groups excluding carboxylic acids is 2. The van der Waals surface area contributed by atoms with Crippen molar-refractivity contribution in [1.82, 2.24) is 25.3 Å². The minimum atomic E-state index is -4.00. The van der Waals surface area contributed by atoms with Gasteiger partial charge < -0.3 is 15.4 Å². The van der Waals surface area contributed by atoms with Crippen LogP contribution in [0.2, 0.25) is 0 Å². The molecule has 3 amide bonds. The first-order chi connectivity index (χ1) is 17.3. The zero-order valence-corrected chi connectivity index (χ0v) is 21.6. The van der Waals surface area contributed by atoms with Gasteiger partial charge in [-0.1, -0.05) is 25.5 Å². The molecule has 36 heavy (non-hydrogen) atoms. The summed E-state index contributed by atoms with van der Waals surface area (Å²) in [6, 6.07) is 5.40. The Morgan fingerprint density at radius 1 is 1.06 bits per heavy atom. The Hall–Kier alpha value is -3.05. The van der Waals surface area contributed by atoms with Crippen LogP contribution in [0.15, 0.2) is 41.6 Å². The molecule has 3 N–H and O–H groups in total. The van der Waals surface area contributed by atoms with E-state index in [9.17, 15) is 18.0 Å². The third-order valence-corrected chi connectivity index (χ3v) is 7.38. The first-order valence-corrected chi connectivity index (χ1v) is 13.9. The summed E-state index contributed by atoms with van der Waals surface area (Å²) in [5.41, 5.74) is 1.80. The van der Waals surface area contributed by atoms with Crippen LogP contribution in [0.25, 0.3) is 0 Å². The summed E-state index contributed by atoms with van der Waals surface area (Å²) >= 11 is 0. The largest absolute Gasteiger partial charge is 0.378 e. The quantitative estimate of drug-likeness (QED) is 0.390. The predicted octanol–water partition coefficient (Wildman–Crippen LogP) is 2.87. The summed E-state index contributed by atoms with van der Waals surface area (Å²) < 4.78 is 33.2. The van der Waals surface area contributed by atoms with Gasteiger partial charge in [-0.25, -0.2) is 22.9 Å². The molecule has 10 nitrogen and oxygen atoms in total. The molecule has 0 spiro atoms. The van der Waals surface area contributed by atoms with Crippen LogP contribution in [0.3, 0.4) is 0 Å². The highest BCUT2D eigenvalue weighted by atomic mass is 32.2. The molecular weight excluding hydrogens is 482 g/mol. The fraction of sp³-hybridized carbons (Fsp3) is 0.520. The van der Waals surface area contributed by atoms with Crippen LogP contribution in [0.4, 0.5) is 4.79 Å². The van der Waals surface area contributed by atoms with Gasteiger partial charge in [-0.15, -0.1) is 0 Å². The maximum atomic E-state index is 12.6. The summed E-state index contributed by atoms with van der Waals surface area (Å²) in [6.45, 7) is 5.02. The molecule has 1 fully saturated rings. The molecule has 11 heteroatoms. The Morgan fingerprint density at radius 2 is 1.78 bits per heavy atom. The number of ether oxygens (including phenoxy) is 1. The molecule has 0 aliphatic heterocycles. The summed E-state index contributed by atoms with van der Waals surface area (Å²) in [5.74, 6) is -0.325. The normalized spacial score (nSPS) is 17.8. The fourth-order valence-corrected chi connectivity index (χ4v) is 4.84. The van der Waals surface area contributed by atoms with E-state index in [1.165, 1.54) is 24.5 Å². The monoisotopic (exact) mass is 517 g/mol. The number of rotatable bonds is 11. The lowest BCUT2D eigenvalue weighted by Gasteiger charge is -2.29. The van der Waals surface area contributed by atoms with E-state index in [0.29, 0.717) is 13.0 Å². The molecule has 1 aliphatic rings.